The SMILES string of the molecule is CCN1CCN(CCCCNC(=O)CN(C)S(=O)(=O)c2ccc(C)c(C)c2)CC1. The number of amides is 1. The maximum atomic E-state index is 12.7. The zero-order chi connectivity index (χ0) is 21.4. The number of likely N-dealkylation sites (N-methyl/N-ethyl adjacent to an activating group) is 2. The molecular formula is C21H36N4O3S. The minimum absolute atomic E-state index is 0.172. The standard InChI is InChI=1S/C21H36N4O3S/c1-5-24-12-14-25(15-13-24)11-7-6-10-22-21(26)17-23(4)29(27,28)20-9-8-18(2)19(3)16-20/h8-9,16H,5-7,10-15,17H2,1-4H3,(H,22,26). The Labute approximate surface area is 176 Å². The molecular weight excluding hydrogens is 388 g/mol. The largest absolute Gasteiger partial charge is 0.355 e. The molecule has 29 heavy (non-hydrogen) atoms. The van der Waals surface area contributed by atoms with Gasteiger partial charge in [0, 0.05) is 39.8 Å². The summed E-state index contributed by atoms with van der Waals surface area (Å²) in [6, 6.07) is 5.03. The fourth-order valence-corrected chi connectivity index (χ4v) is 4.63. The first-order valence-corrected chi connectivity index (χ1v) is 11.9. The molecule has 1 heterocycles. The van der Waals surface area contributed by atoms with Crippen molar-refractivity contribution in [1.82, 2.24) is 19.4 Å². The molecule has 0 aliphatic carbocycles. The summed E-state index contributed by atoms with van der Waals surface area (Å²) in [6.07, 6.45) is 1.93. The Morgan fingerprint density at radius 2 is 1.72 bits per heavy atom. The molecule has 1 aliphatic heterocycles. The van der Waals surface area contributed by atoms with Gasteiger partial charge in [0.2, 0.25) is 15.9 Å². The molecule has 0 unspecified atom stereocenters. The van der Waals surface area contributed by atoms with E-state index < -0.39 is 10.0 Å². The smallest absolute Gasteiger partial charge is 0.243 e. The Morgan fingerprint density at radius 1 is 1.07 bits per heavy atom. The van der Waals surface area contributed by atoms with Crippen molar-refractivity contribution in [3.05, 3.63) is 29.3 Å². The van der Waals surface area contributed by atoms with Crippen LogP contribution in [0.15, 0.2) is 23.1 Å². The molecule has 7 nitrogen and oxygen atoms in total. The van der Waals surface area contributed by atoms with Crippen LogP contribution >= 0.6 is 0 Å². The fraction of sp³-hybridized carbons (Fsp3) is 0.667. The van der Waals surface area contributed by atoms with Gasteiger partial charge in [-0.05, 0) is 63.0 Å². The van der Waals surface area contributed by atoms with Gasteiger partial charge in [0.25, 0.3) is 0 Å². The number of benzene rings is 1. The van der Waals surface area contributed by atoms with Crippen LogP contribution in [0.3, 0.4) is 0 Å². The Morgan fingerprint density at radius 3 is 2.34 bits per heavy atom. The van der Waals surface area contributed by atoms with Crippen LogP contribution in [-0.2, 0) is 14.8 Å². The second-order valence-corrected chi connectivity index (χ2v) is 9.88. The molecule has 0 radical (unpaired) electrons. The van der Waals surface area contributed by atoms with E-state index in [-0.39, 0.29) is 17.3 Å². The number of nitrogens with one attached hydrogen (secondary N) is 1. The molecule has 1 aromatic carbocycles. The normalized spacial score (nSPS) is 16.3. The van der Waals surface area contributed by atoms with Crippen LogP contribution in [0.1, 0.15) is 30.9 Å². The van der Waals surface area contributed by atoms with Crippen molar-refractivity contribution in [3.63, 3.8) is 0 Å². The van der Waals surface area contributed by atoms with Gasteiger partial charge in [0.15, 0.2) is 0 Å². The highest BCUT2D eigenvalue weighted by Crippen LogP contribution is 2.18. The summed E-state index contributed by atoms with van der Waals surface area (Å²) in [5, 5.41) is 2.84. The first kappa shape index (κ1) is 23.8. The molecule has 1 aliphatic rings. The second-order valence-electron chi connectivity index (χ2n) is 7.84. The lowest BCUT2D eigenvalue weighted by atomic mass is 10.1. The Hall–Kier alpha value is -1.48. The van der Waals surface area contributed by atoms with Gasteiger partial charge in [-0.15, -0.1) is 0 Å². The lowest BCUT2D eigenvalue weighted by Crippen LogP contribution is -2.46. The van der Waals surface area contributed by atoms with Gasteiger partial charge in [-0.1, -0.05) is 13.0 Å². The third kappa shape index (κ3) is 7.06. The van der Waals surface area contributed by atoms with Crippen LogP contribution < -0.4 is 5.32 Å². The highest BCUT2D eigenvalue weighted by atomic mass is 32.2. The highest BCUT2D eigenvalue weighted by Gasteiger charge is 2.23. The quantitative estimate of drug-likeness (QED) is 0.576. The Kier molecular flexibility index (Phi) is 9.07. The first-order chi connectivity index (χ1) is 13.7. The summed E-state index contributed by atoms with van der Waals surface area (Å²) in [5.41, 5.74) is 1.96. The third-order valence-corrected chi connectivity index (χ3v) is 7.49. The van der Waals surface area contributed by atoms with E-state index in [0.29, 0.717) is 6.54 Å². The van der Waals surface area contributed by atoms with E-state index in [1.54, 1.807) is 18.2 Å². The van der Waals surface area contributed by atoms with Crippen LogP contribution in [0, 0.1) is 13.8 Å². The van der Waals surface area contributed by atoms with Gasteiger partial charge in [0.05, 0.1) is 11.4 Å². The average molecular weight is 425 g/mol. The molecule has 0 saturated carbocycles. The van der Waals surface area contributed by atoms with Crippen LogP contribution in [0.4, 0.5) is 0 Å². The minimum Gasteiger partial charge on any atom is -0.355 e. The van der Waals surface area contributed by atoms with Gasteiger partial charge in [-0.25, -0.2) is 8.42 Å². The molecule has 1 aromatic rings. The maximum absolute atomic E-state index is 12.7. The van der Waals surface area contributed by atoms with E-state index in [1.807, 2.05) is 13.8 Å². The Balaban J connectivity index is 1.68. The summed E-state index contributed by atoms with van der Waals surface area (Å²) < 4.78 is 26.4. The van der Waals surface area contributed by atoms with E-state index >= 15 is 0 Å². The van der Waals surface area contributed by atoms with Crippen molar-refractivity contribution in [2.24, 2.45) is 0 Å². The van der Waals surface area contributed by atoms with E-state index in [0.717, 1.165) is 67.5 Å². The highest BCUT2D eigenvalue weighted by molar-refractivity contribution is 7.89. The lowest BCUT2D eigenvalue weighted by Gasteiger charge is -2.33. The van der Waals surface area contributed by atoms with Gasteiger partial charge in [-0.3, -0.25) is 4.79 Å². The number of piperazine rings is 1. The number of aryl methyl sites for hydroxylation is 2. The number of hydrogen-bond acceptors (Lipinski definition) is 5. The fourth-order valence-electron chi connectivity index (χ4n) is 3.41. The molecule has 1 saturated heterocycles. The molecule has 2 rings (SSSR count). The molecule has 0 atom stereocenters. The summed E-state index contributed by atoms with van der Waals surface area (Å²) in [5.74, 6) is -0.267. The number of carbonyl (C=O) groups excluding carboxylic acids is 1. The first-order valence-electron chi connectivity index (χ1n) is 10.5. The van der Waals surface area contributed by atoms with E-state index in [4.69, 9.17) is 0 Å². The number of sulfonamides is 1. The van der Waals surface area contributed by atoms with Crippen LogP contribution in [-0.4, -0.2) is 87.8 Å². The second kappa shape index (κ2) is 11.1. The van der Waals surface area contributed by atoms with Crippen molar-refractivity contribution in [2.45, 2.75) is 38.5 Å². The van der Waals surface area contributed by atoms with Gasteiger partial charge in [0.1, 0.15) is 0 Å². The summed E-state index contributed by atoms with van der Waals surface area (Å²) >= 11 is 0. The van der Waals surface area contributed by atoms with Crippen molar-refractivity contribution in [2.75, 3.05) is 59.4 Å². The molecule has 8 heteroatoms. The molecule has 164 valence electrons. The molecule has 1 N–H and O–H groups in total. The lowest BCUT2D eigenvalue weighted by molar-refractivity contribution is -0.121. The zero-order valence-corrected chi connectivity index (χ0v) is 19.1. The number of rotatable bonds is 10. The van der Waals surface area contributed by atoms with Gasteiger partial charge >= 0.3 is 0 Å². The number of carbonyl (C=O) groups is 1. The monoisotopic (exact) mass is 424 g/mol. The minimum atomic E-state index is -3.67. The van der Waals surface area contributed by atoms with Crippen molar-refractivity contribution < 1.29 is 13.2 Å². The molecule has 1 amide bonds. The Bertz CT molecular complexity index is 774. The van der Waals surface area contributed by atoms with Crippen molar-refractivity contribution >= 4 is 15.9 Å². The number of hydrogen-bond donors (Lipinski definition) is 1. The van der Waals surface area contributed by atoms with Crippen LogP contribution in [0.5, 0.6) is 0 Å². The zero-order valence-electron chi connectivity index (χ0n) is 18.3. The average Bonchev–Trinajstić information content (AvgIpc) is 2.70. The van der Waals surface area contributed by atoms with Crippen molar-refractivity contribution in [3.8, 4) is 0 Å². The van der Waals surface area contributed by atoms with Gasteiger partial charge < -0.3 is 15.1 Å². The molecule has 0 spiro atoms. The molecule has 0 bridgehead atoms. The van der Waals surface area contributed by atoms with E-state index in [2.05, 4.69) is 22.0 Å². The maximum Gasteiger partial charge on any atom is 0.243 e. The molecule has 1 fully saturated rings. The van der Waals surface area contributed by atoms with Crippen LogP contribution in [0.25, 0.3) is 0 Å². The van der Waals surface area contributed by atoms with E-state index in [9.17, 15) is 13.2 Å². The summed E-state index contributed by atoms with van der Waals surface area (Å²) in [6.45, 7) is 13.1. The third-order valence-electron chi connectivity index (χ3n) is 5.69. The van der Waals surface area contributed by atoms with E-state index in [1.165, 1.54) is 7.05 Å². The van der Waals surface area contributed by atoms with Crippen molar-refractivity contribution in [1.29, 1.82) is 0 Å². The van der Waals surface area contributed by atoms with Crippen LogP contribution in [0.2, 0.25) is 0 Å². The predicted molar refractivity (Wildman–Crippen MR) is 117 cm³/mol. The summed E-state index contributed by atoms with van der Waals surface area (Å²) in [4.78, 5) is 17.3. The summed E-state index contributed by atoms with van der Waals surface area (Å²) in [7, 11) is -2.22. The predicted octanol–water partition coefficient (Wildman–Crippen LogP) is 1.46. The number of unbranched alkanes of at least 4 members (excludes halogenated alkanes) is 1. The van der Waals surface area contributed by atoms with Gasteiger partial charge in [-0.2, -0.15) is 4.31 Å². The number of nitrogens with zero attached hydrogens (tertiary/aromatic N) is 3. The topological polar surface area (TPSA) is 73.0 Å². The molecule has 0 aromatic heterocycles.